The van der Waals surface area contributed by atoms with Gasteiger partial charge in [0.1, 0.15) is 11.5 Å². The summed E-state index contributed by atoms with van der Waals surface area (Å²) in [5.74, 6) is -0.461. The molecule has 0 aliphatic rings. The van der Waals surface area contributed by atoms with E-state index in [1.165, 1.54) is 12.1 Å². The molecule has 0 bridgehead atoms. The zero-order valence-electron chi connectivity index (χ0n) is 14.1. The van der Waals surface area contributed by atoms with Gasteiger partial charge >= 0.3 is 5.97 Å². The van der Waals surface area contributed by atoms with Gasteiger partial charge in [-0.1, -0.05) is 35.9 Å². The lowest BCUT2D eigenvalue weighted by Crippen LogP contribution is -2.14. The molecule has 0 unspecified atom stereocenters. The monoisotopic (exact) mass is 347 g/mol. The number of aromatic carboxylic acids is 1. The Labute approximate surface area is 150 Å². The number of anilines is 1. The van der Waals surface area contributed by atoms with Crippen molar-refractivity contribution < 1.29 is 19.4 Å². The summed E-state index contributed by atoms with van der Waals surface area (Å²) in [6.07, 6.45) is 0. The quantitative estimate of drug-likeness (QED) is 0.699. The highest BCUT2D eigenvalue weighted by Gasteiger charge is 2.15. The number of rotatable bonds is 5. The van der Waals surface area contributed by atoms with Crippen LogP contribution in [0.3, 0.4) is 0 Å². The summed E-state index contributed by atoms with van der Waals surface area (Å²) in [6, 6.07) is 20.5. The molecule has 0 aliphatic carbocycles. The van der Waals surface area contributed by atoms with E-state index in [9.17, 15) is 14.7 Å². The van der Waals surface area contributed by atoms with Crippen LogP contribution in [0, 0.1) is 6.92 Å². The highest BCUT2D eigenvalue weighted by Crippen LogP contribution is 2.27. The average molecular weight is 347 g/mol. The number of aryl methyl sites for hydroxylation is 1. The minimum atomic E-state index is -1.13. The fourth-order valence-electron chi connectivity index (χ4n) is 2.40. The van der Waals surface area contributed by atoms with Gasteiger partial charge in [-0.15, -0.1) is 0 Å². The van der Waals surface area contributed by atoms with Crippen molar-refractivity contribution in [2.75, 3.05) is 5.32 Å². The summed E-state index contributed by atoms with van der Waals surface area (Å²) in [5, 5.41) is 12.0. The molecule has 5 nitrogen and oxygen atoms in total. The molecule has 0 aromatic heterocycles. The second kappa shape index (κ2) is 7.53. The lowest BCUT2D eigenvalue weighted by atomic mass is 10.1. The van der Waals surface area contributed by atoms with Crippen molar-refractivity contribution in [3.05, 3.63) is 89.5 Å². The van der Waals surface area contributed by atoms with Crippen molar-refractivity contribution in [1.82, 2.24) is 0 Å². The van der Waals surface area contributed by atoms with Crippen molar-refractivity contribution in [3.8, 4) is 11.5 Å². The van der Waals surface area contributed by atoms with Gasteiger partial charge in [-0.05, 0) is 43.3 Å². The third-order valence-corrected chi connectivity index (χ3v) is 3.76. The largest absolute Gasteiger partial charge is 0.478 e. The Bertz CT molecular complexity index is 934. The number of ether oxygens (including phenoxy) is 1. The van der Waals surface area contributed by atoms with Gasteiger partial charge in [0.05, 0.1) is 11.3 Å². The van der Waals surface area contributed by atoms with Crippen molar-refractivity contribution in [2.45, 2.75) is 6.92 Å². The van der Waals surface area contributed by atoms with Crippen molar-refractivity contribution in [2.24, 2.45) is 0 Å². The SMILES string of the molecule is Cc1ccc(Oc2ccc(C(=O)O)c(NC(=O)c3ccccc3)c2)cc1. The van der Waals surface area contributed by atoms with Gasteiger partial charge in [-0.3, -0.25) is 4.79 Å². The van der Waals surface area contributed by atoms with Crippen LogP contribution >= 0.6 is 0 Å². The predicted octanol–water partition coefficient (Wildman–Crippen LogP) is 4.74. The Morgan fingerprint density at radius 1 is 0.885 bits per heavy atom. The third kappa shape index (κ3) is 4.08. The maximum atomic E-state index is 12.4. The summed E-state index contributed by atoms with van der Waals surface area (Å²) in [7, 11) is 0. The molecular formula is C21H17NO4. The van der Waals surface area contributed by atoms with Crippen LogP contribution in [0.1, 0.15) is 26.3 Å². The van der Waals surface area contributed by atoms with Crippen LogP contribution in [0.5, 0.6) is 11.5 Å². The summed E-state index contributed by atoms with van der Waals surface area (Å²) >= 11 is 0. The molecule has 5 heteroatoms. The fourth-order valence-corrected chi connectivity index (χ4v) is 2.40. The highest BCUT2D eigenvalue weighted by molar-refractivity contribution is 6.07. The molecule has 0 saturated heterocycles. The van der Waals surface area contributed by atoms with E-state index >= 15 is 0 Å². The summed E-state index contributed by atoms with van der Waals surface area (Å²) in [5.41, 5.74) is 1.71. The van der Waals surface area contributed by atoms with Gasteiger partial charge in [0.2, 0.25) is 0 Å². The summed E-state index contributed by atoms with van der Waals surface area (Å²) in [4.78, 5) is 23.8. The first-order valence-corrected chi connectivity index (χ1v) is 8.01. The molecule has 0 heterocycles. The highest BCUT2D eigenvalue weighted by atomic mass is 16.5. The first-order chi connectivity index (χ1) is 12.5. The van der Waals surface area contributed by atoms with Crippen molar-refractivity contribution in [3.63, 3.8) is 0 Å². The van der Waals surface area contributed by atoms with E-state index in [-0.39, 0.29) is 17.2 Å². The number of hydrogen-bond acceptors (Lipinski definition) is 3. The third-order valence-electron chi connectivity index (χ3n) is 3.76. The Morgan fingerprint density at radius 3 is 2.19 bits per heavy atom. The molecule has 130 valence electrons. The molecule has 1 amide bonds. The average Bonchev–Trinajstić information content (AvgIpc) is 2.64. The molecule has 0 radical (unpaired) electrons. The standard InChI is InChI=1S/C21H17NO4/c1-14-7-9-16(10-8-14)26-17-11-12-18(21(24)25)19(13-17)22-20(23)15-5-3-2-4-6-15/h2-13H,1H3,(H,22,23)(H,24,25). The molecule has 3 rings (SSSR count). The van der Waals surface area contributed by atoms with Gasteiger partial charge in [0, 0.05) is 11.6 Å². The van der Waals surface area contributed by atoms with E-state index in [0.717, 1.165) is 5.56 Å². The van der Waals surface area contributed by atoms with E-state index in [1.54, 1.807) is 36.4 Å². The molecule has 3 aromatic carbocycles. The summed E-state index contributed by atoms with van der Waals surface area (Å²) < 4.78 is 5.75. The molecule has 0 atom stereocenters. The van der Waals surface area contributed by atoms with Gasteiger partial charge in [0.15, 0.2) is 0 Å². The maximum Gasteiger partial charge on any atom is 0.337 e. The van der Waals surface area contributed by atoms with Crippen LogP contribution in [0.15, 0.2) is 72.8 Å². The number of carbonyl (C=O) groups is 2. The first kappa shape index (κ1) is 17.2. The van der Waals surface area contributed by atoms with Crippen LogP contribution in [-0.4, -0.2) is 17.0 Å². The van der Waals surface area contributed by atoms with Gasteiger partial charge < -0.3 is 15.2 Å². The number of hydrogen-bond donors (Lipinski definition) is 2. The number of carbonyl (C=O) groups excluding carboxylic acids is 1. The molecule has 0 saturated carbocycles. The smallest absolute Gasteiger partial charge is 0.337 e. The minimum Gasteiger partial charge on any atom is -0.478 e. The van der Waals surface area contributed by atoms with E-state index in [1.807, 2.05) is 31.2 Å². The second-order valence-electron chi connectivity index (χ2n) is 5.75. The normalized spacial score (nSPS) is 10.2. The second-order valence-corrected chi connectivity index (χ2v) is 5.75. The van der Waals surface area contributed by atoms with Gasteiger partial charge in [0.25, 0.3) is 5.91 Å². The zero-order valence-corrected chi connectivity index (χ0v) is 14.1. The number of carboxylic acid groups (broad SMARTS) is 1. The van der Waals surface area contributed by atoms with Gasteiger partial charge in [-0.25, -0.2) is 4.79 Å². The van der Waals surface area contributed by atoms with Crippen LogP contribution < -0.4 is 10.1 Å². The molecule has 0 aliphatic heterocycles. The van der Waals surface area contributed by atoms with Crippen molar-refractivity contribution in [1.29, 1.82) is 0 Å². The van der Waals surface area contributed by atoms with Crippen LogP contribution in [0.2, 0.25) is 0 Å². The lowest BCUT2D eigenvalue weighted by molar-refractivity contribution is 0.0698. The van der Waals surface area contributed by atoms with Crippen LogP contribution in [0.4, 0.5) is 5.69 Å². The first-order valence-electron chi connectivity index (χ1n) is 8.01. The number of nitrogens with one attached hydrogen (secondary N) is 1. The van der Waals surface area contributed by atoms with Crippen LogP contribution in [0.25, 0.3) is 0 Å². The fraction of sp³-hybridized carbons (Fsp3) is 0.0476. The van der Waals surface area contributed by atoms with Crippen molar-refractivity contribution >= 4 is 17.6 Å². The number of amides is 1. The molecule has 0 fully saturated rings. The van der Waals surface area contributed by atoms with E-state index < -0.39 is 5.97 Å². The van der Waals surface area contributed by atoms with E-state index in [4.69, 9.17) is 4.74 Å². The van der Waals surface area contributed by atoms with E-state index in [2.05, 4.69) is 5.32 Å². The molecule has 0 spiro atoms. The summed E-state index contributed by atoms with van der Waals surface area (Å²) in [6.45, 7) is 1.97. The zero-order chi connectivity index (χ0) is 18.5. The Morgan fingerprint density at radius 2 is 1.54 bits per heavy atom. The number of carboxylic acids is 1. The van der Waals surface area contributed by atoms with Gasteiger partial charge in [-0.2, -0.15) is 0 Å². The van der Waals surface area contributed by atoms with Crippen LogP contribution in [-0.2, 0) is 0 Å². The molecular weight excluding hydrogens is 330 g/mol. The molecule has 2 N–H and O–H groups in total. The topological polar surface area (TPSA) is 75.6 Å². The Balaban J connectivity index is 1.88. The maximum absolute atomic E-state index is 12.4. The predicted molar refractivity (Wildman–Crippen MR) is 99.0 cm³/mol. The molecule has 26 heavy (non-hydrogen) atoms. The Kier molecular flexibility index (Phi) is 4.99. The number of benzene rings is 3. The Hall–Kier alpha value is -3.60. The molecule has 3 aromatic rings. The minimum absolute atomic E-state index is 0.00876. The lowest BCUT2D eigenvalue weighted by Gasteiger charge is -2.12. The van der Waals surface area contributed by atoms with E-state index in [0.29, 0.717) is 17.1 Å².